The maximum Gasteiger partial charge on any atom is 0.311 e. The van der Waals surface area contributed by atoms with Gasteiger partial charge in [0.25, 0.3) is 0 Å². The van der Waals surface area contributed by atoms with Gasteiger partial charge in [-0.1, -0.05) is 0 Å². The van der Waals surface area contributed by atoms with E-state index in [-0.39, 0.29) is 5.82 Å². The van der Waals surface area contributed by atoms with Gasteiger partial charge in [-0.2, -0.15) is 5.21 Å². The molecule has 0 aliphatic heterocycles. The van der Waals surface area contributed by atoms with Crippen LogP contribution >= 0.6 is 0 Å². The summed E-state index contributed by atoms with van der Waals surface area (Å²) in [4.78, 5) is 14.5. The Labute approximate surface area is 135 Å². The molecule has 3 rings (SSSR count). The maximum absolute atomic E-state index is 11.1. The number of nitrogens with zero attached hydrogens (tertiary/aromatic N) is 5. The van der Waals surface area contributed by atoms with Gasteiger partial charge in [0.1, 0.15) is 0 Å². The molecule has 0 aliphatic carbocycles. The highest BCUT2D eigenvalue weighted by molar-refractivity contribution is 5.83. The summed E-state index contributed by atoms with van der Waals surface area (Å²) >= 11 is 0. The number of ether oxygens (including phenoxy) is 1. The quantitative estimate of drug-likeness (QED) is 0.535. The second kappa shape index (κ2) is 6.28. The fourth-order valence-corrected chi connectivity index (χ4v) is 2.20. The minimum Gasteiger partial charge on any atom is -0.502 e. The molecule has 0 spiro atoms. The molecule has 0 fully saturated rings. The first-order valence-electron chi connectivity index (χ1n) is 6.94. The minimum absolute atomic E-state index is 0.169. The summed E-state index contributed by atoms with van der Waals surface area (Å²) < 4.78 is 5.28. The third kappa shape index (κ3) is 2.84. The van der Waals surface area contributed by atoms with Crippen LogP contribution < -0.4 is 4.74 Å². The van der Waals surface area contributed by atoms with Gasteiger partial charge in [-0.15, -0.1) is 10.2 Å². The lowest BCUT2D eigenvalue weighted by atomic mass is 9.99. The zero-order chi connectivity index (χ0) is 17.1. The molecule has 2 aromatic heterocycles. The standard InChI is InChI=1S/C14H12N6O4/c1-2-24-13-4-3-8(7-15-13)9-6-12(21)11(20(22)23)5-10(9)14-16-18-19-17-14/h3-7,21H,2H2,1H3,(H,16,17,18,19). The predicted molar refractivity (Wildman–Crippen MR) is 82.3 cm³/mol. The number of aromatic nitrogens is 5. The molecule has 0 radical (unpaired) electrons. The van der Waals surface area contributed by atoms with Crippen molar-refractivity contribution in [3.8, 4) is 34.1 Å². The number of H-pyrrole nitrogens is 1. The Morgan fingerprint density at radius 2 is 2.17 bits per heavy atom. The van der Waals surface area contributed by atoms with Gasteiger partial charge in [0, 0.05) is 29.5 Å². The molecule has 3 aromatic rings. The number of benzene rings is 1. The highest BCUT2D eigenvalue weighted by Gasteiger charge is 2.21. The molecular weight excluding hydrogens is 316 g/mol. The van der Waals surface area contributed by atoms with Crippen molar-refractivity contribution < 1.29 is 14.8 Å². The van der Waals surface area contributed by atoms with Gasteiger partial charge in [0.15, 0.2) is 5.75 Å². The van der Waals surface area contributed by atoms with Gasteiger partial charge < -0.3 is 9.84 Å². The van der Waals surface area contributed by atoms with E-state index in [1.54, 1.807) is 12.1 Å². The molecule has 2 N–H and O–H groups in total. The fraction of sp³-hybridized carbons (Fsp3) is 0.143. The third-order valence-corrected chi connectivity index (χ3v) is 3.24. The van der Waals surface area contributed by atoms with Crippen LogP contribution in [0.15, 0.2) is 30.5 Å². The van der Waals surface area contributed by atoms with E-state index in [0.717, 1.165) is 0 Å². The fourth-order valence-electron chi connectivity index (χ4n) is 2.20. The van der Waals surface area contributed by atoms with Crippen LogP contribution in [-0.4, -0.2) is 42.2 Å². The summed E-state index contributed by atoms with van der Waals surface area (Å²) in [7, 11) is 0. The molecule has 0 saturated heterocycles. The number of nitrogens with one attached hydrogen (secondary N) is 1. The minimum atomic E-state index is -0.681. The molecule has 0 bridgehead atoms. The van der Waals surface area contributed by atoms with Crippen molar-refractivity contribution in [2.75, 3.05) is 6.61 Å². The number of nitro benzene ring substituents is 1. The van der Waals surface area contributed by atoms with Crippen molar-refractivity contribution in [1.82, 2.24) is 25.6 Å². The lowest BCUT2D eigenvalue weighted by Gasteiger charge is -2.09. The number of aromatic amines is 1. The van der Waals surface area contributed by atoms with E-state index >= 15 is 0 Å². The smallest absolute Gasteiger partial charge is 0.311 e. The van der Waals surface area contributed by atoms with Crippen LogP contribution in [0.2, 0.25) is 0 Å². The van der Waals surface area contributed by atoms with Crippen LogP contribution in [0.5, 0.6) is 11.6 Å². The molecule has 10 nitrogen and oxygen atoms in total. The highest BCUT2D eigenvalue weighted by atomic mass is 16.6. The lowest BCUT2D eigenvalue weighted by Crippen LogP contribution is -1.96. The Morgan fingerprint density at radius 1 is 1.33 bits per heavy atom. The summed E-state index contributed by atoms with van der Waals surface area (Å²) in [6, 6.07) is 5.87. The average molecular weight is 328 g/mol. The largest absolute Gasteiger partial charge is 0.502 e. The summed E-state index contributed by atoms with van der Waals surface area (Å²) in [5, 5.41) is 34.5. The lowest BCUT2D eigenvalue weighted by molar-refractivity contribution is -0.385. The molecule has 24 heavy (non-hydrogen) atoms. The Hall–Kier alpha value is -3.56. The van der Waals surface area contributed by atoms with Crippen molar-refractivity contribution in [3.05, 3.63) is 40.6 Å². The van der Waals surface area contributed by atoms with Gasteiger partial charge in [0.2, 0.25) is 11.7 Å². The zero-order valence-electron chi connectivity index (χ0n) is 12.5. The van der Waals surface area contributed by atoms with E-state index in [0.29, 0.717) is 29.2 Å². The van der Waals surface area contributed by atoms with Gasteiger partial charge >= 0.3 is 5.69 Å². The van der Waals surface area contributed by atoms with Gasteiger partial charge in [-0.25, -0.2) is 4.98 Å². The van der Waals surface area contributed by atoms with Gasteiger partial charge in [-0.3, -0.25) is 10.1 Å². The third-order valence-electron chi connectivity index (χ3n) is 3.24. The topological polar surface area (TPSA) is 140 Å². The van der Waals surface area contributed by atoms with Crippen LogP contribution in [0.3, 0.4) is 0 Å². The van der Waals surface area contributed by atoms with E-state index in [1.807, 2.05) is 6.92 Å². The second-order valence-corrected chi connectivity index (χ2v) is 4.70. The molecule has 10 heteroatoms. The maximum atomic E-state index is 11.1. The number of pyridine rings is 1. The molecular formula is C14H12N6O4. The normalized spacial score (nSPS) is 10.5. The van der Waals surface area contributed by atoms with Crippen LogP contribution in [-0.2, 0) is 0 Å². The van der Waals surface area contributed by atoms with Crippen molar-refractivity contribution >= 4 is 5.69 Å². The average Bonchev–Trinajstić information content (AvgIpc) is 3.09. The van der Waals surface area contributed by atoms with Crippen molar-refractivity contribution in [2.45, 2.75) is 6.92 Å². The SMILES string of the molecule is CCOc1ccc(-c2cc(O)c([N+](=O)[O-])cc2-c2nn[nH]n2)cn1. The highest BCUT2D eigenvalue weighted by Crippen LogP contribution is 2.38. The first-order chi connectivity index (χ1) is 11.6. The summed E-state index contributed by atoms with van der Waals surface area (Å²) in [5.74, 6) is 0.159. The first-order valence-corrected chi connectivity index (χ1v) is 6.94. The van der Waals surface area contributed by atoms with Gasteiger partial charge in [0.05, 0.1) is 11.5 Å². The molecule has 0 unspecified atom stereocenters. The van der Waals surface area contributed by atoms with E-state index in [4.69, 9.17) is 4.74 Å². The predicted octanol–water partition coefficient (Wildman–Crippen LogP) is 1.94. The summed E-state index contributed by atoms with van der Waals surface area (Å²) in [6.07, 6.45) is 1.54. The molecule has 1 aromatic carbocycles. The summed E-state index contributed by atoms with van der Waals surface area (Å²) in [5.41, 5.74) is 0.996. The van der Waals surface area contributed by atoms with Crippen molar-refractivity contribution in [2.24, 2.45) is 0 Å². The molecule has 0 amide bonds. The summed E-state index contributed by atoms with van der Waals surface area (Å²) in [6.45, 7) is 2.33. The Kier molecular flexibility index (Phi) is 4.01. The van der Waals surface area contributed by atoms with E-state index in [2.05, 4.69) is 25.6 Å². The van der Waals surface area contributed by atoms with Crippen molar-refractivity contribution in [3.63, 3.8) is 0 Å². The first kappa shape index (κ1) is 15.3. The van der Waals surface area contributed by atoms with Crippen LogP contribution in [0.25, 0.3) is 22.5 Å². The molecule has 122 valence electrons. The van der Waals surface area contributed by atoms with E-state index in [9.17, 15) is 15.2 Å². The van der Waals surface area contributed by atoms with Gasteiger partial charge in [-0.05, 0) is 29.8 Å². The zero-order valence-corrected chi connectivity index (χ0v) is 12.5. The molecule has 0 saturated carbocycles. The number of hydrogen-bond donors (Lipinski definition) is 2. The van der Waals surface area contributed by atoms with Crippen molar-refractivity contribution in [1.29, 1.82) is 0 Å². The Balaban J connectivity index is 2.15. The molecule has 0 atom stereocenters. The number of aromatic hydroxyl groups is 1. The van der Waals surface area contributed by atoms with E-state index in [1.165, 1.54) is 18.3 Å². The number of nitro groups is 1. The number of phenols is 1. The second-order valence-electron chi connectivity index (χ2n) is 4.70. The van der Waals surface area contributed by atoms with Crippen LogP contribution in [0, 0.1) is 10.1 Å². The van der Waals surface area contributed by atoms with E-state index < -0.39 is 16.4 Å². The number of tetrazole rings is 1. The monoisotopic (exact) mass is 328 g/mol. The number of rotatable bonds is 5. The number of phenolic OH excluding ortho intramolecular Hbond substituents is 1. The Bertz CT molecular complexity index is 864. The molecule has 2 heterocycles. The Morgan fingerprint density at radius 3 is 2.75 bits per heavy atom. The van der Waals surface area contributed by atoms with Crippen LogP contribution in [0.4, 0.5) is 5.69 Å². The van der Waals surface area contributed by atoms with Crippen LogP contribution in [0.1, 0.15) is 6.92 Å². The number of hydrogen-bond acceptors (Lipinski definition) is 8. The molecule has 0 aliphatic rings.